The number of aliphatic hydroxyl groups excluding tert-OH is 1. The van der Waals surface area contributed by atoms with Crippen LogP contribution >= 0.6 is 11.3 Å². The molecule has 0 saturated heterocycles. The van der Waals surface area contributed by atoms with E-state index in [0.717, 1.165) is 17.2 Å². The number of alkyl halides is 3. The summed E-state index contributed by atoms with van der Waals surface area (Å²) in [7, 11) is 0. The molecule has 1 unspecified atom stereocenters. The molecule has 0 aliphatic heterocycles. The number of aromatic nitrogens is 3. The summed E-state index contributed by atoms with van der Waals surface area (Å²) in [6, 6.07) is 7.34. The van der Waals surface area contributed by atoms with Gasteiger partial charge in [0.15, 0.2) is 5.01 Å². The van der Waals surface area contributed by atoms with Crippen LogP contribution < -0.4 is 0 Å². The number of rotatable bonds is 3. The second-order valence-electron chi connectivity index (χ2n) is 4.47. The average molecular weight is 313 g/mol. The lowest BCUT2D eigenvalue weighted by Gasteiger charge is -2.09. The number of fused-ring (bicyclic) bond motifs is 1. The van der Waals surface area contributed by atoms with Gasteiger partial charge in [-0.15, -0.1) is 11.3 Å². The number of hydrogen-bond donors (Lipinski definition) is 1. The van der Waals surface area contributed by atoms with E-state index in [1.54, 1.807) is 10.9 Å². The van der Waals surface area contributed by atoms with Crippen LogP contribution in [0.3, 0.4) is 0 Å². The maximum Gasteiger partial charge on any atom is 0.443 e. The molecule has 0 aliphatic rings. The monoisotopic (exact) mass is 313 g/mol. The first-order valence-electron chi connectivity index (χ1n) is 6.06. The molecule has 1 N–H and O–H groups in total. The zero-order chi connectivity index (χ0) is 15.0. The maximum absolute atomic E-state index is 12.5. The molecule has 3 rings (SSSR count). The number of imidazole rings is 1. The van der Waals surface area contributed by atoms with Crippen molar-refractivity contribution in [1.82, 2.24) is 14.5 Å². The Morgan fingerprint density at radius 2 is 2.00 bits per heavy atom. The average Bonchev–Trinajstić information content (AvgIpc) is 3.05. The molecule has 3 aromatic rings. The molecule has 0 radical (unpaired) electrons. The summed E-state index contributed by atoms with van der Waals surface area (Å²) in [4.78, 5) is 7.66. The zero-order valence-corrected chi connectivity index (χ0v) is 11.4. The van der Waals surface area contributed by atoms with Gasteiger partial charge in [0.25, 0.3) is 0 Å². The molecule has 2 heterocycles. The van der Waals surface area contributed by atoms with Crippen molar-refractivity contribution in [1.29, 1.82) is 0 Å². The van der Waals surface area contributed by atoms with E-state index >= 15 is 0 Å². The summed E-state index contributed by atoms with van der Waals surface area (Å²) in [5.74, 6) is 0. The SMILES string of the molecule is OC(Cn1cnc2ccccc21)c1cnc(C(F)(F)F)s1. The van der Waals surface area contributed by atoms with Gasteiger partial charge in [-0.2, -0.15) is 13.2 Å². The van der Waals surface area contributed by atoms with Crippen molar-refractivity contribution in [3.8, 4) is 0 Å². The molecule has 1 atom stereocenters. The van der Waals surface area contributed by atoms with E-state index in [-0.39, 0.29) is 11.4 Å². The van der Waals surface area contributed by atoms with Crippen LogP contribution in [-0.2, 0) is 12.7 Å². The number of para-hydroxylation sites is 2. The molecular formula is C13H10F3N3OS. The number of nitrogens with zero attached hydrogens (tertiary/aromatic N) is 3. The topological polar surface area (TPSA) is 50.9 Å². The third-order valence-corrected chi connectivity index (χ3v) is 4.13. The standard InChI is InChI=1S/C13H10F3N3OS/c14-13(15,16)12-17-5-11(21-12)10(20)6-19-7-18-8-3-1-2-4-9(8)19/h1-5,7,10,20H,6H2. The summed E-state index contributed by atoms with van der Waals surface area (Å²) in [5.41, 5.74) is 1.59. The first kappa shape index (κ1) is 14.0. The van der Waals surface area contributed by atoms with Crippen LogP contribution in [-0.4, -0.2) is 19.6 Å². The first-order valence-corrected chi connectivity index (χ1v) is 6.87. The summed E-state index contributed by atoms with van der Waals surface area (Å²) in [6.45, 7) is 0.125. The molecule has 110 valence electrons. The molecular weight excluding hydrogens is 303 g/mol. The largest absolute Gasteiger partial charge is 0.443 e. The fourth-order valence-corrected chi connectivity index (χ4v) is 2.76. The number of thiazole rings is 1. The van der Waals surface area contributed by atoms with E-state index in [1.165, 1.54) is 0 Å². The Kier molecular flexibility index (Phi) is 3.42. The van der Waals surface area contributed by atoms with Crippen LogP contribution in [0.2, 0.25) is 0 Å². The smallest absolute Gasteiger partial charge is 0.386 e. The van der Waals surface area contributed by atoms with Crippen LogP contribution in [0.25, 0.3) is 11.0 Å². The Morgan fingerprint density at radius 3 is 2.71 bits per heavy atom. The number of benzene rings is 1. The van der Waals surface area contributed by atoms with E-state index in [9.17, 15) is 18.3 Å². The summed E-state index contributed by atoms with van der Waals surface area (Å²) < 4.78 is 39.2. The fraction of sp³-hybridized carbons (Fsp3) is 0.231. The minimum absolute atomic E-state index is 0.125. The highest BCUT2D eigenvalue weighted by molar-refractivity contribution is 7.11. The van der Waals surface area contributed by atoms with Crippen molar-refractivity contribution in [3.63, 3.8) is 0 Å². The van der Waals surface area contributed by atoms with Crippen molar-refractivity contribution < 1.29 is 18.3 Å². The predicted octanol–water partition coefficient (Wildman–Crippen LogP) is 3.25. The number of aliphatic hydroxyl groups is 1. The second kappa shape index (κ2) is 5.12. The molecule has 8 heteroatoms. The van der Waals surface area contributed by atoms with Crippen molar-refractivity contribution in [2.45, 2.75) is 18.8 Å². The summed E-state index contributed by atoms with van der Waals surface area (Å²) in [6.07, 6.45) is -2.92. The lowest BCUT2D eigenvalue weighted by atomic mass is 10.3. The number of hydrogen-bond acceptors (Lipinski definition) is 4. The van der Waals surface area contributed by atoms with Gasteiger partial charge in [0.1, 0.15) is 6.10 Å². The van der Waals surface area contributed by atoms with E-state index in [2.05, 4.69) is 9.97 Å². The van der Waals surface area contributed by atoms with E-state index in [4.69, 9.17) is 0 Å². The molecule has 0 aliphatic carbocycles. The van der Waals surface area contributed by atoms with Crippen molar-refractivity contribution in [3.05, 3.63) is 46.7 Å². The quantitative estimate of drug-likeness (QED) is 0.807. The van der Waals surface area contributed by atoms with Crippen LogP contribution in [0.15, 0.2) is 36.8 Å². The minimum Gasteiger partial charge on any atom is -0.386 e. The van der Waals surface area contributed by atoms with E-state index < -0.39 is 17.3 Å². The lowest BCUT2D eigenvalue weighted by molar-refractivity contribution is -0.137. The van der Waals surface area contributed by atoms with Gasteiger partial charge in [-0.3, -0.25) is 0 Å². The van der Waals surface area contributed by atoms with Gasteiger partial charge >= 0.3 is 6.18 Å². The Bertz CT molecular complexity index is 765. The number of halogens is 3. The van der Waals surface area contributed by atoms with Gasteiger partial charge in [0.05, 0.1) is 28.8 Å². The molecule has 4 nitrogen and oxygen atoms in total. The fourth-order valence-electron chi connectivity index (χ4n) is 2.00. The molecule has 1 aromatic carbocycles. The Morgan fingerprint density at radius 1 is 1.24 bits per heavy atom. The van der Waals surface area contributed by atoms with Crippen molar-refractivity contribution in [2.24, 2.45) is 0 Å². The van der Waals surface area contributed by atoms with Crippen LogP contribution in [0.4, 0.5) is 13.2 Å². The molecule has 21 heavy (non-hydrogen) atoms. The van der Waals surface area contributed by atoms with Crippen LogP contribution in [0, 0.1) is 0 Å². The Balaban J connectivity index is 1.83. The predicted molar refractivity (Wildman–Crippen MR) is 71.8 cm³/mol. The normalized spacial score (nSPS) is 13.7. The van der Waals surface area contributed by atoms with Gasteiger partial charge < -0.3 is 9.67 Å². The van der Waals surface area contributed by atoms with Gasteiger partial charge in [-0.25, -0.2) is 9.97 Å². The lowest BCUT2D eigenvalue weighted by Crippen LogP contribution is -2.06. The highest BCUT2D eigenvalue weighted by Gasteiger charge is 2.35. The highest BCUT2D eigenvalue weighted by Crippen LogP contribution is 2.34. The minimum atomic E-state index is -4.48. The maximum atomic E-state index is 12.5. The third kappa shape index (κ3) is 2.77. The van der Waals surface area contributed by atoms with Gasteiger partial charge in [0, 0.05) is 6.20 Å². The molecule has 0 fully saturated rings. The molecule has 0 bridgehead atoms. The second-order valence-corrected chi connectivity index (χ2v) is 5.53. The first-order chi connectivity index (χ1) is 9.95. The summed E-state index contributed by atoms with van der Waals surface area (Å²) in [5, 5.41) is 9.13. The Labute approximate surface area is 121 Å². The van der Waals surface area contributed by atoms with Crippen molar-refractivity contribution >= 4 is 22.4 Å². The highest BCUT2D eigenvalue weighted by atomic mass is 32.1. The van der Waals surface area contributed by atoms with Crippen molar-refractivity contribution in [2.75, 3.05) is 0 Å². The van der Waals surface area contributed by atoms with E-state index in [1.807, 2.05) is 24.3 Å². The third-order valence-electron chi connectivity index (χ3n) is 2.99. The van der Waals surface area contributed by atoms with Crippen LogP contribution in [0.5, 0.6) is 0 Å². The van der Waals surface area contributed by atoms with Gasteiger partial charge in [-0.1, -0.05) is 12.1 Å². The molecule has 0 saturated carbocycles. The Hall–Kier alpha value is -1.93. The zero-order valence-electron chi connectivity index (χ0n) is 10.6. The molecule has 0 spiro atoms. The van der Waals surface area contributed by atoms with E-state index in [0.29, 0.717) is 11.3 Å². The molecule has 0 amide bonds. The summed E-state index contributed by atoms with van der Waals surface area (Å²) >= 11 is 0.455. The van der Waals surface area contributed by atoms with Gasteiger partial charge in [-0.05, 0) is 12.1 Å². The molecule has 2 aromatic heterocycles. The van der Waals surface area contributed by atoms with Gasteiger partial charge in [0.2, 0.25) is 0 Å². The van der Waals surface area contributed by atoms with Crippen LogP contribution in [0.1, 0.15) is 16.0 Å².